The van der Waals surface area contributed by atoms with Crippen LogP contribution in [-0.2, 0) is 35.6 Å². The molecular weight excluding hydrogens is 668 g/mol. The van der Waals surface area contributed by atoms with Crippen LogP contribution in [0.4, 0.5) is 0 Å². The zero-order valence-electron chi connectivity index (χ0n) is 28.7. The Hall–Kier alpha value is -4.22. The van der Waals surface area contributed by atoms with Crippen LogP contribution in [0.1, 0.15) is 52.7 Å². The number of amides is 1. The van der Waals surface area contributed by atoms with Crippen LogP contribution in [0.25, 0.3) is 32.6 Å². The first-order chi connectivity index (χ1) is 24.2. The lowest BCUT2D eigenvalue weighted by molar-refractivity contribution is -0.138. The van der Waals surface area contributed by atoms with E-state index in [2.05, 4.69) is 55.1 Å². The first-order valence-corrected chi connectivity index (χ1v) is 18.4. The van der Waals surface area contributed by atoms with Gasteiger partial charge < -0.3 is 10.0 Å². The van der Waals surface area contributed by atoms with Crippen molar-refractivity contribution >= 4 is 45.7 Å². The van der Waals surface area contributed by atoms with Crippen molar-refractivity contribution in [2.75, 3.05) is 33.2 Å². The second-order valence-electron chi connectivity index (χ2n) is 13.6. The van der Waals surface area contributed by atoms with Crippen LogP contribution >= 0.6 is 22.9 Å². The molecule has 1 fully saturated rings. The van der Waals surface area contributed by atoms with E-state index in [0.29, 0.717) is 31.1 Å². The zero-order chi connectivity index (χ0) is 34.9. The number of carbonyl (C=O) groups excluding carboxylic acids is 1. The number of carboxylic acids is 1. The highest BCUT2D eigenvalue weighted by atomic mass is 35.5. The van der Waals surface area contributed by atoms with E-state index >= 15 is 0 Å². The summed E-state index contributed by atoms with van der Waals surface area (Å²) in [6.45, 7) is 9.06. The molecule has 50 heavy (non-hydrogen) atoms. The first-order valence-electron chi connectivity index (χ1n) is 17.2. The molecule has 3 aromatic heterocycles. The van der Waals surface area contributed by atoms with Crippen LogP contribution in [-0.4, -0.2) is 79.9 Å². The van der Waals surface area contributed by atoms with Gasteiger partial charge in [0, 0.05) is 59.7 Å². The molecule has 0 aliphatic carbocycles. The van der Waals surface area contributed by atoms with E-state index in [9.17, 15) is 9.59 Å². The number of aliphatic carboxylic acids is 1. The molecule has 258 valence electrons. The van der Waals surface area contributed by atoms with Gasteiger partial charge in [-0.15, -0.1) is 11.3 Å². The number of hydrogen-bond acceptors (Lipinski definition) is 8. The largest absolute Gasteiger partial charge is 0.481 e. The van der Waals surface area contributed by atoms with Gasteiger partial charge in [0.1, 0.15) is 5.01 Å². The summed E-state index contributed by atoms with van der Waals surface area (Å²) in [5.74, 6) is -0.380. The van der Waals surface area contributed by atoms with E-state index < -0.39 is 5.97 Å². The summed E-state index contributed by atoms with van der Waals surface area (Å²) in [6.07, 6.45) is 5.43. The highest BCUT2D eigenvalue weighted by molar-refractivity contribution is 7.15. The van der Waals surface area contributed by atoms with E-state index in [1.54, 1.807) is 11.3 Å². The normalized spacial score (nSPS) is 16.1. The predicted octanol–water partition coefficient (Wildman–Crippen LogP) is 7.06. The molecule has 2 aliphatic heterocycles. The van der Waals surface area contributed by atoms with Gasteiger partial charge in [0.05, 0.1) is 41.6 Å². The predicted molar refractivity (Wildman–Crippen MR) is 198 cm³/mol. The SMILES string of the molecule is CCN(C)CC(=O)N1Cc2nc(-c3cccc(-c4cccc(Cc5nccc6cc(CN7CC[C@H](CC(=O)O)C7)cnc56)c4Cl)c3C)sc2C1. The maximum atomic E-state index is 12.8. The maximum absolute atomic E-state index is 12.8. The average Bonchev–Trinajstić information content (AvgIpc) is 3.81. The molecular formula is C39H41ClN6O3S. The minimum atomic E-state index is -0.726. The molecule has 2 aromatic carbocycles. The van der Waals surface area contributed by atoms with E-state index in [1.807, 2.05) is 41.4 Å². The highest BCUT2D eigenvalue weighted by Gasteiger charge is 2.29. The molecule has 1 amide bonds. The Bertz CT molecular complexity index is 2060. The van der Waals surface area contributed by atoms with Gasteiger partial charge in [0.15, 0.2) is 0 Å². The number of halogens is 1. The minimum Gasteiger partial charge on any atom is -0.481 e. The van der Waals surface area contributed by atoms with Crippen molar-refractivity contribution in [3.8, 4) is 21.7 Å². The highest BCUT2D eigenvalue weighted by Crippen LogP contribution is 2.40. The molecule has 1 atom stereocenters. The lowest BCUT2D eigenvalue weighted by Crippen LogP contribution is -2.35. The zero-order valence-corrected chi connectivity index (χ0v) is 30.2. The number of thiazole rings is 1. The monoisotopic (exact) mass is 708 g/mol. The number of carboxylic acid groups (broad SMARTS) is 1. The summed E-state index contributed by atoms with van der Waals surface area (Å²) in [7, 11) is 1.96. The van der Waals surface area contributed by atoms with Gasteiger partial charge in [-0.1, -0.05) is 54.9 Å². The quantitative estimate of drug-likeness (QED) is 0.156. The van der Waals surface area contributed by atoms with Gasteiger partial charge in [0.25, 0.3) is 0 Å². The van der Waals surface area contributed by atoms with Crippen LogP contribution in [0.3, 0.4) is 0 Å². The lowest BCUT2D eigenvalue weighted by atomic mass is 9.94. The summed E-state index contributed by atoms with van der Waals surface area (Å²) in [5.41, 5.74) is 9.02. The molecule has 0 spiro atoms. The Morgan fingerprint density at radius 2 is 1.88 bits per heavy atom. The van der Waals surface area contributed by atoms with Gasteiger partial charge in [0.2, 0.25) is 5.91 Å². The van der Waals surface area contributed by atoms with Gasteiger partial charge in [-0.2, -0.15) is 0 Å². The summed E-state index contributed by atoms with van der Waals surface area (Å²) < 4.78 is 0. The van der Waals surface area contributed by atoms with Crippen molar-refractivity contribution in [1.82, 2.24) is 29.7 Å². The van der Waals surface area contributed by atoms with Crippen molar-refractivity contribution in [3.05, 3.63) is 98.9 Å². The number of likely N-dealkylation sites (N-methyl/N-ethyl adjacent to an activating group) is 1. The summed E-state index contributed by atoms with van der Waals surface area (Å²) in [5, 5.41) is 11.9. The summed E-state index contributed by atoms with van der Waals surface area (Å²) in [4.78, 5) is 45.9. The number of hydrogen-bond donors (Lipinski definition) is 1. The number of fused-ring (bicyclic) bond motifs is 2. The Morgan fingerprint density at radius 3 is 2.68 bits per heavy atom. The van der Waals surface area contributed by atoms with E-state index in [0.717, 1.165) is 98.2 Å². The van der Waals surface area contributed by atoms with Crippen LogP contribution in [0.5, 0.6) is 0 Å². The second kappa shape index (κ2) is 14.6. The molecule has 0 radical (unpaired) electrons. The van der Waals surface area contributed by atoms with Gasteiger partial charge in [-0.05, 0) is 73.8 Å². The molecule has 5 heterocycles. The Morgan fingerprint density at radius 1 is 1.08 bits per heavy atom. The number of pyridine rings is 2. The number of likely N-dealkylation sites (tertiary alicyclic amines) is 1. The standard InChI is InChI=1S/C39H41ClN6O3S/c1-4-44(3)23-35(47)46-21-33-34(22-46)50-39(43-33)30-9-6-8-29(24(30)2)31-10-5-7-27(37(31)40)17-32-38-28(11-13-41-32)15-26(18-42-38)20-45-14-12-25(19-45)16-36(48)49/h5-11,13,15,18,25H,4,12,14,16-17,19-23H2,1-3H3,(H,48,49)/t25-/m1/s1. The number of rotatable bonds is 11. The molecule has 1 saturated heterocycles. The smallest absolute Gasteiger partial charge is 0.303 e. The molecule has 5 aromatic rings. The molecule has 0 saturated carbocycles. The van der Waals surface area contributed by atoms with E-state index in [1.165, 1.54) is 0 Å². The molecule has 7 rings (SSSR count). The van der Waals surface area contributed by atoms with E-state index in [-0.39, 0.29) is 18.2 Å². The van der Waals surface area contributed by atoms with Crippen LogP contribution < -0.4 is 0 Å². The number of carbonyl (C=O) groups is 2. The van der Waals surface area contributed by atoms with Crippen LogP contribution in [0.2, 0.25) is 5.02 Å². The first kappa shape index (κ1) is 34.2. The summed E-state index contributed by atoms with van der Waals surface area (Å²) in [6, 6.07) is 16.6. The minimum absolute atomic E-state index is 0.138. The van der Waals surface area contributed by atoms with Crippen LogP contribution in [0.15, 0.2) is 60.9 Å². The Kier molecular flexibility index (Phi) is 9.97. The molecule has 0 unspecified atom stereocenters. The number of benzene rings is 2. The van der Waals surface area contributed by atoms with Crippen LogP contribution in [0, 0.1) is 12.8 Å². The van der Waals surface area contributed by atoms with Crippen molar-refractivity contribution in [3.63, 3.8) is 0 Å². The van der Waals surface area contributed by atoms with Crippen molar-refractivity contribution in [2.45, 2.75) is 52.7 Å². The third kappa shape index (κ3) is 7.16. The second-order valence-corrected chi connectivity index (χ2v) is 15.0. The average molecular weight is 709 g/mol. The molecule has 2 aliphatic rings. The fraction of sp³-hybridized carbons (Fsp3) is 0.359. The van der Waals surface area contributed by atoms with Crippen molar-refractivity contribution in [1.29, 1.82) is 0 Å². The maximum Gasteiger partial charge on any atom is 0.303 e. The Labute approximate surface area is 301 Å². The van der Waals surface area contributed by atoms with Gasteiger partial charge >= 0.3 is 5.97 Å². The summed E-state index contributed by atoms with van der Waals surface area (Å²) >= 11 is 8.86. The Balaban J connectivity index is 1.09. The molecule has 9 nitrogen and oxygen atoms in total. The third-order valence-corrected chi connectivity index (χ3v) is 11.6. The fourth-order valence-corrected chi connectivity index (χ4v) is 8.61. The number of aromatic nitrogens is 3. The molecule has 11 heteroatoms. The van der Waals surface area contributed by atoms with Gasteiger partial charge in [-0.25, -0.2) is 4.98 Å². The van der Waals surface area contributed by atoms with Crippen molar-refractivity contribution in [2.24, 2.45) is 5.92 Å². The molecule has 0 bridgehead atoms. The fourth-order valence-electron chi connectivity index (χ4n) is 7.15. The van der Waals surface area contributed by atoms with E-state index in [4.69, 9.17) is 31.7 Å². The van der Waals surface area contributed by atoms with Gasteiger partial charge in [-0.3, -0.25) is 29.4 Å². The molecule has 1 N–H and O–H groups in total. The van der Waals surface area contributed by atoms with Crippen molar-refractivity contribution < 1.29 is 14.7 Å². The lowest BCUT2D eigenvalue weighted by Gasteiger charge is -2.20. The number of nitrogens with zero attached hydrogens (tertiary/aromatic N) is 6. The third-order valence-electron chi connectivity index (χ3n) is 10.0. The topological polar surface area (TPSA) is 103 Å².